The normalized spacial score (nSPS) is 21.9. The summed E-state index contributed by atoms with van der Waals surface area (Å²) in [6, 6.07) is 12.5. The molecule has 1 saturated carbocycles. The molecule has 1 aromatic carbocycles. The van der Waals surface area contributed by atoms with E-state index in [1.54, 1.807) is 6.20 Å². The largest absolute Gasteiger partial charge is 0.490 e. The first-order chi connectivity index (χ1) is 19.2. The highest BCUT2D eigenvalue weighted by Gasteiger charge is 2.26. The Morgan fingerprint density at radius 1 is 0.974 bits per heavy atom. The number of piperidine rings is 1. The maximum absolute atomic E-state index is 12.9. The molecule has 3 aromatic rings. The summed E-state index contributed by atoms with van der Waals surface area (Å²) in [4.78, 5) is 17.5. The maximum atomic E-state index is 12.9. The van der Waals surface area contributed by atoms with Gasteiger partial charge in [0.1, 0.15) is 5.75 Å². The van der Waals surface area contributed by atoms with Crippen LogP contribution in [0.2, 0.25) is 0 Å². The van der Waals surface area contributed by atoms with Crippen molar-refractivity contribution in [1.29, 1.82) is 0 Å². The van der Waals surface area contributed by atoms with Crippen LogP contribution in [0.5, 0.6) is 5.75 Å². The van der Waals surface area contributed by atoms with Crippen molar-refractivity contribution < 1.29 is 9.53 Å². The van der Waals surface area contributed by atoms with E-state index in [0.29, 0.717) is 23.6 Å². The van der Waals surface area contributed by atoms with Gasteiger partial charge in [0.25, 0.3) is 0 Å². The molecule has 1 amide bonds. The van der Waals surface area contributed by atoms with Crippen LogP contribution in [-0.2, 0) is 11.3 Å². The van der Waals surface area contributed by atoms with Crippen molar-refractivity contribution in [2.24, 2.45) is 5.92 Å². The van der Waals surface area contributed by atoms with Crippen LogP contribution < -0.4 is 20.3 Å². The van der Waals surface area contributed by atoms with Crippen LogP contribution in [0.4, 0.5) is 16.1 Å². The smallest absolute Gasteiger partial charge is 0.226 e. The van der Waals surface area contributed by atoms with Crippen molar-refractivity contribution in [1.82, 2.24) is 25.3 Å². The molecule has 11 heteroatoms. The number of hydrogen-bond acceptors (Lipinski definition) is 10. The Morgan fingerprint density at radius 3 is 2.72 bits per heavy atom. The van der Waals surface area contributed by atoms with Crippen LogP contribution in [-0.4, -0.2) is 69.5 Å². The molecule has 2 saturated heterocycles. The zero-order chi connectivity index (χ0) is 26.4. The lowest BCUT2D eigenvalue weighted by Gasteiger charge is -2.33. The van der Waals surface area contributed by atoms with E-state index in [9.17, 15) is 4.79 Å². The predicted octanol–water partition coefficient (Wildman–Crippen LogP) is 4.19. The van der Waals surface area contributed by atoms with Crippen LogP contribution in [0.15, 0.2) is 42.6 Å². The van der Waals surface area contributed by atoms with E-state index in [4.69, 9.17) is 4.74 Å². The molecule has 0 radical (unpaired) electrons. The molecule has 206 valence electrons. The van der Waals surface area contributed by atoms with Gasteiger partial charge in [0.05, 0.1) is 6.10 Å². The van der Waals surface area contributed by atoms with Crippen LogP contribution in [0.1, 0.15) is 50.5 Å². The summed E-state index contributed by atoms with van der Waals surface area (Å²) in [7, 11) is 0. The Morgan fingerprint density at radius 2 is 1.87 bits per heavy atom. The zero-order valence-corrected chi connectivity index (χ0v) is 23.0. The molecule has 0 spiro atoms. The minimum absolute atomic E-state index is 0.00737. The Hall–Kier alpha value is -3.31. The fourth-order valence-corrected chi connectivity index (χ4v) is 6.34. The molecule has 10 nitrogen and oxygen atoms in total. The molecule has 2 N–H and O–H groups in total. The summed E-state index contributed by atoms with van der Waals surface area (Å²) in [6.07, 6.45) is 9.28. The molecule has 4 heterocycles. The lowest BCUT2D eigenvalue weighted by atomic mass is 9.94. The second-order valence-corrected chi connectivity index (χ2v) is 11.8. The van der Waals surface area contributed by atoms with Crippen LogP contribution >= 0.6 is 11.3 Å². The second-order valence-electron chi connectivity index (χ2n) is 10.8. The molecular weight excluding hydrogens is 512 g/mol. The zero-order valence-electron chi connectivity index (χ0n) is 22.2. The van der Waals surface area contributed by atoms with Gasteiger partial charge in [-0.1, -0.05) is 29.5 Å². The summed E-state index contributed by atoms with van der Waals surface area (Å²) in [5.41, 5.74) is 1.24. The van der Waals surface area contributed by atoms with E-state index in [-0.39, 0.29) is 11.9 Å². The first-order valence-electron chi connectivity index (χ1n) is 14.1. The number of nitrogens with zero attached hydrogens (tertiary/aromatic N) is 6. The molecule has 39 heavy (non-hydrogen) atoms. The third-order valence-electron chi connectivity index (χ3n) is 7.86. The molecule has 3 fully saturated rings. The number of benzene rings is 1. The van der Waals surface area contributed by atoms with Crippen molar-refractivity contribution in [3.63, 3.8) is 0 Å². The number of carbonyl (C=O) groups excluding carboxylic acids is 1. The number of amides is 1. The molecule has 2 aliphatic heterocycles. The highest BCUT2D eigenvalue weighted by molar-refractivity contribution is 7.19. The van der Waals surface area contributed by atoms with Crippen molar-refractivity contribution in [2.75, 3.05) is 41.7 Å². The van der Waals surface area contributed by atoms with Gasteiger partial charge in [-0.15, -0.1) is 15.3 Å². The minimum Gasteiger partial charge on any atom is -0.490 e. The van der Waals surface area contributed by atoms with Gasteiger partial charge < -0.3 is 20.3 Å². The van der Waals surface area contributed by atoms with Gasteiger partial charge in [-0.25, -0.2) is 0 Å². The highest BCUT2D eigenvalue weighted by Crippen LogP contribution is 2.30. The summed E-state index contributed by atoms with van der Waals surface area (Å²) < 4.78 is 6.23. The van der Waals surface area contributed by atoms with Crippen molar-refractivity contribution in [2.45, 2.75) is 63.6 Å². The molecule has 0 bridgehead atoms. The Kier molecular flexibility index (Phi) is 8.15. The van der Waals surface area contributed by atoms with E-state index in [0.717, 1.165) is 81.5 Å². The van der Waals surface area contributed by atoms with E-state index in [2.05, 4.69) is 65.1 Å². The van der Waals surface area contributed by atoms with E-state index in [1.165, 1.54) is 23.3 Å². The van der Waals surface area contributed by atoms with E-state index in [1.807, 2.05) is 12.1 Å². The molecule has 6 rings (SSSR count). The number of carbonyl (C=O) groups is 1. The Labute approximate surface area is 233 Å². The minimum atomic E-state index is 0.00737. The number of anilines is 3. The van der Waals surface area contributed by atoms with Crippen LogP contribution in [0, 0.1) is 5.92 Å². The first kappa shape index (κ1) is 25.9. The van der Waals surface area contributed by atoms with Gasteiger partial charge in [0.2, 0.25) is 16.2 Å². The van der Waals surface area contributed by atoms with Crippen LogP contribution in [0.3, 0.4) is 0 Å². The third kappa shape index (κ3) is 6.83. The first-order valence-corrected chi connectivity index (χ1v) is 14.9. The molecule has 0 unspecified atom stereocenters. The lowest BCUT2D eigenvalue weighted by molar-refractivity contribution is -0.117. The number of para-hydroxylation sites is 1. The average molecular weight is 549 g/mol. The van der Waals surface area contributed by atoms with Crippen molar-refractivity contribution in [3.05, 3.63) is 48.2 Å². The van der Waals surface area contributed by atoms with Gasteiger partial charge in [0.15, 0.2) is 5.82 Å². The van der Waals surface area contributed by atoms with Gasteiger partial charge in [-0.05, 0) is 69.2 Å². The maximum Gasteiger partial charge on any atom is 0.226 e. The highest BCUT2D eigenvalue weighted by atomic mass is 32.1. The standard InChI is InChI=1S/C28H36N8O2S/c37-26(31-28-34-33-27(39-28)30-22-12-15-36(19-22)25-11-4-13-29-32-25)16-20-6-5-14-35(17-20)18-21-7-1-2-10-24(21)38-23-8-3-9-23/h1-2,4,7,10-11,13,20,22-23H,3,5-6,8-9,12,14-19H2,(H,30,33)(H,31,34,37)/t20-,22+/m0/s1. The van der Waals surface area contributed by atoms with E-state index < -0.39 is 0 Å². The number of rotatable bonds is 10. The van der Waals surface area contributed by atoms with Crippen molar-refractivity contribution >= 4 is 33.3 Å². The third-order valence-corrected chi connectivity index (χ3v) is 8.63. The fourth-order valence-electron chi connectivity index (χ4n) is 5.61. The quantitative estimate of drug-likeness (QED) is 0.385. The van der Waals surface area contributed by atoms with Gasteiger partial charge in [0, 0.05) is 50.4 Å². The number of hydrogen-bond donors (Lipinski definition) is 2. The summed E-state index contributed by atoms with van der Waals surface area (Å²) >= 11 is 1.39. The average Bonchev–Trinajstić information content (AvgIpc) is 3.57. The molecule has 1 aliphatic carbocycles. The lowest BCUT2D eigenvalue weighted by Crippen LogP contribution is -2.36. The van der Waals surface area contributed by atoms with Crippen LogP contribution in [0.25, 0.3) is 0 Å². The summed E-state index contributed by atoms with van der Waals surface area (Å²) in [6.45, 7) is 4.57. The topological polar surface area (TPSA) is 108 Å². The van der Waals surface area contributed by atoms with E-state index >= 15 is 0 Å². The number of nitrogens with one attached hydrogen (secondary N) is 2. The monoisotopic (exact) mass is 548 g/mol. The summed E-state index contributed by atoms with van der Waals surface area (Å²) in [5, 5.41) is 24.3. The number of likely N-dealkylation sites (tertiary alicyclic amines) is 1. The SMILES string of the molecule is O=C(C[C@@H]1CCCN(Cc2ccccc2OC2CCC2)C1)Nc1nnc(N[C@@H]2CCN(c3cccnn3)C2)s1. The number of ether oxygens (including phenoxy) is 1. The Bertz CT molecular complexity index is 1240. The molecule has 2 atom stereocenters. The van der Waals surface area contributed by atoms with Gasteiger partial charge in [-0.2, -0.15) is 5.10 Å². The van der Waals surface area contributed by atoms with Crippen molar-refractivity contribution in [3.8, 4) is 5.75 Å². The molecular formula is C28H36N8O2S. The second kappa shape index (κ2) is 12.3. The van der Waals surface area contributed by atoms with Gasteiger partial charge >= 0.3 is 0 Å². The Balaban J connectivity index is 0.962. The van der Waals surface area contributed by atoms with Gasteiger partial charge in [-0.3, -0.25) is 9.69 Å². The predicted molar refractivity (Wildman–Crippen MR) is 152 cm³/mol. The fraction of sp³-hybridized carbons (Fsp3) is 0.536. The molecule has 2 aromatic heterocycles. The molecule has 3 aliphatic rings. The number of aromatic nitrogens is 4. The summed E-state index contributed by atoms with van der Waals surface area (Å²) in [5.74, 6) is 2.24.